The molecule has 162 valence electrons. The van der Waals surface area contributed by atoms with Crippen molar-refractivity contribution in [3.8, 4) is 0 Å². The first-order valence-electron chi connectivity index (χ1n) is 10.3. The fourth-order valence-electron chi connectivity index (χ4n) is 4.35. The molecule has 3 rings (SSSR count). The number of carbonyl (C=O) groups excluding carboxylic acids is 3. The minimum atomic E-state index is -0.597. The normalized spacial score (nSPS) is 26.3. The highest BCUT2D eigenvalue weighted by molar-refractivity contribution is 5.94. The van der Waals surface area contributed by atoms with Gasteiger partial charge in [-0.05, 0) is 24.3 Å². The maximum atomic E-state index is 12.5. The van der Waals surface area contributed by atoms with E-state index in [1.54, 1.807) is 0 Å². The van der Waals surface area contributed by atoms with Crippen molar-refractivity contribution in [3.05, 3.63) is 34.4 Å². The number of nitrogens with zero attached hydrogens (tertiary/aromatic N) is 2. The number of amides is 2. The van der Waals surface area contributed by atoms with Gasteiger partial charge in [0.2, 0.25) is 5.91 Å². The molecule has 0 unspecified atom stereocenters. The molecule has 1 aromatic carbocycles. The summed E-state index contributed by atoms with van der Waals surface area (Å²) in [6, 6.07) is 5.64. The lowest BCUT2D eigenvalue weighted by atomic mass is 9.77. The van der Waals surface area contributed by atoms with Gasteiger partial charge >= 0.3 is 5.97 Å². The number of likely N-dealkylation sites (tertiary alicyclic amines) is 1. The third-order valence-corrected chi connectivity index (χ3v) is 6.24. The fourth-order valence-corrected chi connectivity index (χ4v) is 4.35. The second kappa shape index (κ2) is 9.23. The van der Waals surface area contributed by atoms with Gasteiger partial charge in [-0.15, -0.1) is 0 Å². The first-order chi connectivity index (χ1) is 14.3. The Hall–Kier alpha value is -2.97. The van der Waals surface area contributed by atoms with Crippen LogP contribution in [0.3, 0.4) is 0 Å². The smallest absolute Gasteiger partial charge is 0.311 e. The Kier molecular flexibility index (Phi) is 6.69. The van der Waals surface area contributed by atoms with Crippen LogP contribution < -0.4 is 5.32 Å². The second-order valence-electron chi connectivity index (χ2n) is 8.25. The zero-order valence-corrected chi connectivity index (χ0v) is 17.2. The summed E-state index contributed by atoms with van der Waals surface area (Å²) in [6.07, 6.45) is 3.28. The van der Waals surface area contributed by atoms with Crippen molar-refractivity contribution in [1.29, 1.82) is 0 Å². The molecule has 9 heteroatoms. The van der Waals surface area contributed by atoms with E-state index in [-0.39, 0.29) is 29.7 Å². The van der Waals surface area contributed by atoms with Crippen molar-refractivity contribution in [2.45, 2.75) is 45.6 Å². The molecule has 1 saturated carbocycles. The molecule has 4 atom stereocenters. The van der Waals surface area contributed by atoms with Gasteiger partial charge in [-0.25, -0.2) is 0 Å². The molecular formula is C21H27N3O6. The molecule has 1 saturated heterocycles. The first kappa shape index (κ1) is 21.7. The highest BCUT2D eigenvalue weighted by atomic mass is 16.6. The average molecular weight is 417 g/mol. The fraction of sp³-hybridized carbons (Fsp3) is 0.571. The molecule has 1 aliphatic heterocycles. The molecule has 30 heavy (non-hydrogen) atoms. The average Bonchev–Trinajstić information content (AvgIpc) is 3.10. The Morgan fingerprint density at radius 1 is 1.30 bits per heavy atom. The number of nitro groups is 1. The number of nitrogens with one attached hydrogen (secondary N) is 1. The Morgan fingerprint density at radius 2 is 2.07 bits per heavy atom. The van der Waals surface area contributed by atoms with E-state index in [0.717, 1.165) is 19.3 Å². The number of carbonyl (C=O) groups is 3. The number of anilines is 1. The Labute approximate surface area is 174 Å². The number of non-ortho nitro benzene ring substituents is 1. The first-order valence-corrected chi connectivity index (χ1v) is 10.3. The summed E-state index contributed by atoms with van der Waals surface area (Å²) in [5.41, 5.74) is 0.0912. The minimum Gasteiger partial charge on any atom is -0.455 e. The molecule has 2 amide bonds. The summed E-state index contributed by atoms with van der Waals surface area (Å²) < 4.78 is 5.11. The minimum absolute atomic E-state index is 0.0380. The highest BCUT2D eigenvalue weighted by Crippen LogP contribution is 2.35. The van der Waals surface area contributed by atoms with Crippen LogP contribution in [-0.2, 0) is 19.1 Å². The highest BCUT2D eigenvalue weighted by Gasteiger charge is 2.42. The lowest BCUT2D eigenvalue weighted by Crippen LogP contribution is -2.45. The second-order valence-corrected chi connectivity index (χ2v) is 8.25. The van der Waals surface area contributed by atoms with Gasteiger partial charge in [0.1, 0.15) is 0 Å². The van der Waals surface area contributed by atoms with Gasteiger partial charge in [0.15, 0.2) is 6.61 Å². The number of hydrogen-bond acceptors (Lipinski definition) is 6. The largest absolute Gasteiger partial charge is 0.455 e. The van der Waals surface area contributed by atoms with Crippen LogP contribution in [0.1, 0.15) is 39.5 Å². The predicted octanol–water partition coefficient (Wildman–Crippen LogP) is 2.75. The molecule has 1 aliphatic carbocycles. The van der Waals surface area contributed by atoms with Crippen LogP contribution in [0.2, 0.25) is 0 Å². The number of rotatable bonds is 6. The lowest BCUT2D eigenvalue weighted by Gasteiger charge is -2.39. The SMILES string of the molecule is C[C@@H]1[C@@H](C)CCC[C@@H]1N1C[C@H](C(=O)OCC(=O)Nc2cccc([N+](=O)[O-])c2)CC1=O. The summed E-state index contributed by atoms with van der Waals surface area (Å²) in [5.74, 6) is -0.856. The maximum absolute atomic E-state index is 12.5. The van der Waals surface area contributed by atoms with Gasteiger partial charge in [0.05, 0.1) is 10.8 Å². The summed E-state index contributed by atoms with van der Waals surface area (Å²) >= 11 is 0. The van der Waals surface area contributed by atoms with E-state index in [9.17, 15) is 24.5 Å². The van der Waals surface area contributed by atoms with E-state index >= 15 is 0 Å². The van der Waals surface area contributed by atoms with E-state index in [0.29, 0.717) is 18.4 Å². The van der Waals surface area contributed by atoms with Crippen molar-refractivity contribution < 1.29 is 24.0 Å². The van der Waals surface area contributed by atoms with Crippen LogP contribution in [0.15, 0.2) is 24.3 Å². The van der Waals surface area contributed by atoms with Crippen LogP contribution in [0.25, 0.3) is 0 Å². The topological polar surface area (TPSA) is 119 Å². The Morgan fingerprint density at radius 3 is 2.80 bits per heavy atom. The van der Waals surface area contributed by atoms with Crippen LogP contribution in [0.5, 0.6) is 0 Å². The molecule has 1 N–H and O–H groups in total. The summed E-state index contributed by atoms with van der Waals surface area (Å²) in [7, 11) is 0. The summed E-state index contributed by atoms with van der Waals surface area (Å²) in [6.45, 7) is 4.17. The van der Waals surface area contributed by atoms with E-state index in [1.807, 2.05) is 4.90 Å². The number of benzene rings is 1. The Bertz CT molecular complexity index is 842. The molecule has 2 fully saturated rings. The Balaban J connectivity index is 1.50. The summed E-state index contributed by atoms with van der Waals surface area (Å²) in [5, 5.41) is 13.3. The molecule has 0 radical (unpaired) electrons. The van der Waals surface area contributed by atoms with Gasteiger partial charge in [0.25, 0.3) is 11.6 Å². The van der Waals surface area contributed by atoms with E-state index in [1.165, 1.54) is 24.3 Å². The molecular weight excluding hydrogens is 390 g/mol. The third kappa shape index (κ3) is 4.95. The van der Waals surface area contributed by atoms with Crippen LogP contribution in [-0.4, -0.2) is 46.8 Å². The number of nitro benzene ring substituents is 1. The van der Waals surface area contributed by atoms with Gasteiger partial charge in [-0.2, -0.15) is 0 Å². The predicted molar refractivity (Wildman–Crippen MR) is 108 cm³/mol. The quantitative estimate of drug-likeness (QED) is 0.432. The van der Waals surface area contributed by atoms with E-state index in [4.69, 9.17) is 4.74 Å². The lowest BCUT2D eigenvalue weighted by molar-refractivity contribution is -0.384. The van der Waals surface area contributed by atoms with Gasteiger partial charge < -0.3 is 15.0 Å². The monoisotopic (exact) mass is 417 g/mol. The maximum Gasteiger partial charge on any atom is 0.311 e. The van der Waals surface area contributed by atoms with Crippen LogP contribution in [0, 0.1) is 27.9 Å². The zero-order chi connectivity index (χ0) is 21.8. The van der Waals surface area contributed by atoms with Crippen molar-refractivity contribution in [2.75, 3.05) is 18.5 Å². The third-order valence-electron chi connectivity index (χ3n) is 6.24. The standard InChI is InChI=1S/C21H27N3O6/c1-13-5-3-8-18(14(13)2)23-11-15(9-20(23)26)21(27)30-12-19(25)22-16-6-4-7-17(10-16)24(28)29/h4,6-7,10,13-15,18H,3,5,8-9,11-12H2,1-2H3,(H,22,25)/t13-,14+,15+,18-/m0/s1. The number of ether oxygens (including phenoxy) is 1. The van der Waals surface area contributed by atoms with Crippen molar-refractivity contribution in [3.63, 3.8) is 0 Å². The number of hydrogen-bond donors (Lipinski definition) is 1. The number of esters is 1. The van der Waals surface area contributed by atoms with Crippen LogP contribution in [0.4, 0.5) is 11.4 Å². The van der Waals surface area contributed by atoms with E-state index in [2.05, 4.69) is 19.2 Å². The van der Waals surface area contributed by atoms with Gasteiger partial charge in [-0.3, -0.25) is 24.5 Å². The molecule has 2 aliphatic rings. The van der Waals surface area contributed by atoms with Gasteiger partial charge in [-0.1, -0.05) is 32.8 Å². The van der Waals surface area contributed by atoms with Crippen LogP contribution >= 0.6 is 0 Å². The molecule has 9 nitrogen and oxygen atoms in total. The summed E-state index contributed by atoms with van der Waals surface area (Å²) in [4.78, 5) is 49.0. The molecule has 0 aromatic heterocycles. The van der Waals surface area contributed by atoms with Crippen molar-refractivity contribution >= 4 is 29.2 Å². The van der Waals surface area contributed by atoms with Crippen molar-refractivity contribution in [2.24, 2.45) is 17.8 Å². The zero-order valence-electron chi connectivity index (χ0n) is 17.2. The van der Waals surface area contributed by atoms with Crippen molar-refractivity contribution in [1.82, 2.24) is 4.90 Å². The van der Waals surface area contributed by atoms with Gasteiger partial charge in [0, 0.05) is 36.8 Å². The molecule has 0 bridgehead atoms. The molecule has 1 heterocycles. The molecule has 1 aromatic rings. The molecule has 0 spiro atoms. The van der Waals surface area contributed by atoms with E-state index < -0.39 is 29.3 Å².